The first-order valence-electron chi connectivity index (χ1n) is 8.84. The number of rotatable bonds is 5. The number of hydrogen-bond donors (Lipinski definition) is 0. The van der Waals surface area contributed by atoms with Crippen molar-refractivity contribution in [2.24, 2.45) is 0 Å². The monoisotopic (exact) mass is 422 g/mol. The number of benzene rings is 2. The van der Waals surface area contributed by atoms with E-state index in [0.717, 1.165) is 4.70 Å². The number of para-hydroxylation sites is 2. The van der Waals surface area contributed by atoms with Crippen LogP contribution in [0.5, 0.6) is 10.9 Å². The second kappa shape index (κ2) is 7.65. The summed E-state index contributed by atoms with van der Waals surface area (Å²) >= 11 is 1.29. The van der Waals surface area contributed by atoms with Gasteiger partial charge in [0.2, 0.25) is 10.0 Å². The van der Waals surface area contributed by atoms with E-state index in [1.165, 1.54) is 28.8 Å². The van der Waals surface area contributed by atoms with E-state index in [1.807, 2.05) is 0 Å². The van der Waals surface area contributed by atoms with Gasteiger partial charge in [-0.25, -0.2) is 12.8 Å². The minimum Gasteiger partial charge on any atom is -0.495 e. The summed E-state index contributed by atoms with van der Waals surface area (Å²) in [5.41, 5.74) is 0.304. The van der Waals surface area contributed by atoms with Crippen LogP contribution in [0.4, 0.5) is 4.39 Å². The van der Waals surface area contributed by atoms with Crippen LogP contribution in [-0.4, -0.2) is 44.0 Å². The highest BCUT2D eigenvalue weighted by molar-refractivity contribution is 7.89. The first-order chi connectivity index (χ1) is 13.5. The van der Waals surface area contributed by atoms with Crippen LogP contribution in [0, 0.1) is 5.82 Å². The smallest absolute Gasteiger partial charge is 0.274 e. The molecule has 0 spiro atoms. The Morgan fingerprint density at radius 1 is 1.14 bits per heavy atom. The summed E-state index contributed by atoms with van der Waals surface area (Å²) in [4.78, 5) is 4.38. The van der Waals surface area contributed by atoms with Gasteiger partial charge in [-0.2, -0.15) is 9.29 Å². The summed E-state index contributed by atoms with van der Waals surface area (Å²) in [5.74, 6) is -0.0429. The lowest BCUT2D eigenvalue weighted by Gasteiger charge is -2.31. The van der Waals surface area contributed by atoms with Gasteiger partial charge in [-0.3, -0.25) is 0 Å². The number of piperidine rings is 1. The van der Waals surface area contributed by atoms with Gasteiger partial charge in [0, 0.05) is 13.1 Å². The van der Waals surface area contributed by atoms with Crippen LogP contribution in [0.2, 0.25) is 0 Å². The number of sulfonamides is 1. The summed E-state index contributed by atoms with van der Waals surface area (Å²) in [5, 5.41) is 0.408. The minimum atomic E-state index is -3.64. The average Bonchev–Trinajstić information content (AvgIpc) is 3.12. The number of fused-ring (bicyclic) bond motifs is 1. The van der Waals surface area contributed by atoms with E-state index in [-0.39, 0.29) is 16.8 Å². The molecule has 6 nitrogen and oxygen atoms in total. The Morgan fingerprint density at radius 2 is 1.89 bits per heavy atom. The van der Waals surface area contributed by atoms with Gasteiger partial charge in [0.05, 0.1) is 11.8 Å². The van der Waals surface area contributed by atoms with Gasteiger partial charge < -0.3 is 9.47 Å². The summed E-state index contributed by atoms with van der Waals surface area (Å²) < 4.78 is 52.9. The molecule has 0 unspecified atom stereocenters. The Balaban J connectivity index is 1.44. The Kier molecular flexibility index (Phi) is 5.22. The maximum Gasteiger partial charge on any atom is 0.274 e. The number of nitrogens with zero attached hydrogens (tertiary/aromatic N) is 2. The standard InChI is InChI=1S/C19H19FN2O4S2/c1-25-15-6-2-3-8-17(15)28(23,24)22-11-9-13(10-12-22)26-19-21-18-14(20)5-4-7-16(18)27-19/h2-8,13H,9-12H2,1H3. The van der Waals surface area contributed by atoms with Crippen molar-refractivity contribution in [3.8, 4) is 10.9 Å². The predicted octanol–water partition coefficient (Wildman–Crippen LogP) is 3.68. The molecule has 2 heterocycles. The van der Waals surface area contributed by atoms with Crippen LogP contribution in [0.1, 0.15) is 12.8 Å². The summed E-state index contributed by atoms with van der Waals surface area (Å²) in [6, 6.07) is 11.4. The molecule has 1 aliphatic heterocycles. The topological polar surface area (TPSA) is 68.7 Å². The molecule has 0 bridgehead atoms. The molecule has 1 fully saturated rings. The molecule has 0 radical (unpaired) electrons. The van der Waals surface area contributed by atoms with Crippen molar-refractivity contribution in [2.75, 3.05) is 20.2 Å². The van der Waals surface area contributed by atoms with Gasteiger partial charge in [0.15, 0.2) is 0 Å². The molecule has 0 amide bonds. The molecule has 1 saturated heterocycles. The molecule has 0 aliphatic carbocycles. The molecule has 3 aromatic rings. The highest BCUT2D eigenvalue weighted by atomic mass is 32.2. The quantitative estimate of drug-likeness (QED) is 0.628. The van der Waals surface area contributed by atoms with Crippen molar-refractivity contribution in [1.29, 1.82) is 0 Å². The number of hydrogen-bond acceptors (Lipinski definition) is 6. The lowest BCUT2D eigenvalue weighted by molar-refractivity contribution is 0.135. The minimum absolute atomic E-state index is 0.159. The summed E-state index contributed by atoms with van der Waals surface area (Å²) in [6.45, 7) is 0.675. The molecule has 0 N–H and O–H groups in total. The van der Waals surface area contributed by atoms with E-state index in [0.29, 0.717) is 42.4 Å². The first-order valence-corrected chi connectivity index (χ1v) is 11.1. The highest BCUT2D eigenvalue weighted by Gasteiger charge is 2.32. The van der Waals surface area contributed by atoms with Gasteiger partial charge in [-0.15, -0.1) is 0 Å². The van der Waals surface area contributed by atoms with Crippen molar-refractivity contribution in [3.63, 3.8) is 0 Å². The number of methoxy groups -OCH3 is 1. The molecule has 148 valence electrons. The summed E-state index contributed by atoms with van der Waals surface area (Å²) in [6.07, 6.45) is 0.910. The first kappa shape index (κ1) is 19.1. The Bertz CT molecular complexity index is 1090. The maximum atomic E-state index is 13.8. The van der Waals surface area contributed by atoms with E-state index in [9.17, 15) is 12.8 Å². The number of thiazole rings is 1. The zero-order valence-electron chi connectivity index (χ0n) is 15.2. The van der Waals surface area contributed by atoms with Gasteiger partial charge >= 0.3 is 0 Å². The third-order valence-corrected chi connectivity index (χ3v) is 7.56. The van der Waals surface area contributed by atoms with E-state index in [2.05, 4.69) is 4.98 Å². The zero-order chi connectivity index (χ0) is 19.7. The summed E-state index contributed by atoms with van der Waals surface area (Å²) in [7, 11) is -2.18. The molecule has 1 aliphatic rings. The fraction of sp³-hybridized carbons (Fsp3) is 0.316. The molecule has 28 heavy (non-hydrogen) atoms. The van der Waals surface area contributed by atoms with E-state index in [4.69, 9.17) is 9.47 Å². The Hall–Kier alpha value is -2.23. The lowest BCUT2D eigenvalue weighted by atomic mass is 10.1. The normalized spacial score (nSPS) is 16.4. The van der Waals surface area contributed by atoms with Gasteiger partial charge in [-0.1, -0.05) is 29.5 Å². The van der Waals surface area contributed by atoms with Gasteiger partial charge in [-0.05, 0) is 37.1 Å². The van der Waals surface area contributed by atoms with Crippen molar-refractivity contribution in [1.82, 2.24) is 9.29 Å². The number of aromatic nitrogens is 1. The van der Waals surface area contributed by atoms with Crippen molar-refractivity contribution in [2.45, 2.75) is 23.8 Å². The molecule has 2 aromatic carbocycles. The fourth-order valence-electron chi connectivity index (χ4n) is 3.25. The number of halogens is 1. The molecule has 9 heteroatoms. The van der Waals surface area contributed by atoms with Gasteiger partial charge in [0.1, 0.15) is 28.1 Å². The fourth-order valence-corrected chi connectivity index (χ4v) is 5.77. The second-order valence-corrected chi connectivity index (χ2v) is 9.34. The predicted molar refractivity (Wildman–Crippen MR) is 105 cm³/mol. The van der Waals surface area contributed by atoms with Crippen molar-refractivity contribution in [3.05, 3.63) is 48.3 Å². The third-order valence-electron chi connectivity index (χ3n) is 4.71. The molecule has 4 rings (SSSR count). The average molecular weight is 423 g/mol. The lowest BCUT2D eigenvalue weighted by Crippen LogP contribution is -2.41. The van der Waals surface area contributed by atoms with Crippen LogP contribution in [0.3, 0.4) is 0 Å². The van der Waals surface area contributed by atoms with Crippen LogP contribution in [-0.2, 0) is 10.0 Å². The van der Waals surface area contributed by atoms with Crippen molar-refractivity contribution < 1.29 is 22.3 Å². The molecule has 0 atom stereocenters. The molecular weight excluding hydrogens is 403 g/mol. The molecule has 1 aromatic heterocycles. The van der Waals surface area contributed by atoms with Crippen LogP contribution in [0.15, 0.2) is 47.4 Å². The SMILES string of the molecule is COc1ccccc1S(=O)(=O)N1CCC(Oc2nc3c(F)cccc3s2)CC1. The van der Waals surface area contributed by atoms with E-state index in [1.54, 1.807) is 36.4 Å². The number of ether oxygens (including phenoxy) is 2. The van der Waals surface area contributed by atoms with Crippen LogP contribution in [0.25, 0.3) is 10.2 Å². The van der Waals surface area contributed by atoms with Gasteiger partial charge in [0.25, 0.3) is 5.19 Å². The van der Waals surface area contributed by atoms with Crippen LogP contribution >= 0.6 is 11.3 Å². The largest absolute Gasteiger partial charge is 0.495 e. The van der Waals surface area contributed by atoms with E-state index < -0.39 is 10.0 Å². The third kappa shape index (κ3) is 3.57. The Labute approximate surface area is 166 Å². The maximum absolute atomic E-state index is 13.8. The molecular formula is C19H19FN2O4S2. The highest BCUT2D eigenvalue weighted by Crippen LogP contribution is 2.32. The van der Waals surface area contributed by atoms with Crippen LogP contribution < -0.4 is 9.47 Å². The van der Waals surface area contributed by atoms with E-state index >= 15 is 0 Å². The van der Waals surface area contributed by atoms with Crippen molar-refractivity contribution >= 4 is 31.6 Å². The zero-order valence-corrected chi connectivity index (χ0v) is 16.8. The Morgan fingerprint density at radius 3 is 2.61 bits per heavy atom. The second-order valence-electron chi connectivity index (χ2n) is 6.44. The molecule has 0 saturated carbocycles.